The molecule has 6 nitrogen and oxygen atoms in total. The molecule has 0 radical (unpaired) electrons. The Balaban J connectivity index is 2.61. The van der Waals surface area contributed by atoms with Crippen LogP contribution < -0.4 is 0 Å². The second-order valence-electron chi connectivity index (χ2n) is 4.80. The first kappa shape index (κ1) is 16.3. The van der Waals surface area contributed by atoms with Gasteiger partial charge in [-0.1, -0.05) is 30.5 Å². The zero-order chi connectivity index (χ0) is 15.7. The number of halogens is 1. The summed E-state index contributed by atoms with van der Waals surface area (Å²) >= 11 is 3.06. The molecule has 9 heteroatoms. The Morgan fingerprint density at radius 3 is 2.48 bits per heavy atom. The summed E-state index contributed by atoms with van der Waals surface area (Å²) in [6, 6.07) is 5.40. The predicted molar refractivity (Wildman–Crippen MR) is 77.4 cm³/mol. The van der Waals surface area contributed by atoms with E-state index in [0.717, 1.165) is 0 Å². The van der Waals surface area contributed by atoms with Gasteiger partial charge in [0.1, 0.15) is 4.75 Å². The molecule has 0 bridgehead atoms. The fourth-order valence-electron chi connectivity index (χ4n) is 2.53. The molecule has 0 amide bonds. The monoisotopic (exact) mass is 347 g/mol. The van der Waals surface area contributed by atoms with Crippen molar-refractivity contribution < 1.29 is 22.0 Å². The molecule has 2 rings (SSSR count). The lowest BCUT2D eigenvalue weighted by molar-refractivity contribution is -0.00618. The molecule has 21 heavy (non-hydrogen) atoms. The summed E-state index contributed by atoms with van der Waals surface area (Å²) in [6.45, 7) is 0. The van der Waals surface area contributed by atoms with Gasteiger partial charge in [0, 0.05) is 5.02 Å². The predicted octanol–water partition coefficient (Wildman–Crippen LogP) is 1.93. The summed E-state index contributed by atoms with van der Waals surface area (Å²) in [5, 5.41) is -0.541. The Morgan fingerprint density at radius 2 is 2.00 bits per heavy atom. The van der Waals surface area contributed by atoms with E-state index >= 15 is 0 Å². The van der Waals surface area contributed by atoms with Crippen molar-refractivity contribution in [1.82, 2.24) is 0 Å². The van der Waals surface area contributed by atoms with Gasteiger partial charge >= 0.3 is 5.04 Å². The summed E-state index contributed by atoms with van der Waals surface area (Å²) in [6.07, 6.45) is 1.33. The van der Waals surface area contributed by atoms with Crippen molar-refractivity contribution in [3.05, 3.63) is 34.8 Å². The first-order chi connectivity index (χ1) is 9.84. The summed E-state index contributed by atoms with van der Waals surface area (Å²) in [5.41, 5.74) is 9.17. The maximum Gasteiger partial charge on any atom is 0.403 e. The van der Waals surface area contributed by atoms with E-state index in [-0.39, 0.29) is 22.8 Å². The van der Waals surface area contributed by atoms with E-state index in [4.69, 9.17) is 17.1 Å². The van der Waals surface area contributed by atoms with Gasteiger partial charge in [-0.2, -0.15) is 4.79 Å². The Morgan fingerprint density at radius 1 is 1.38 bits per heavy atom. The molecule has 1 atom stereocenters. The van der Waals surface area contributed by atoms with Crippen LogP contribution >= 0.6 is 11.6 Å². The Bertz CT molecular complexity index is 735. The lowest BCUT2D eigenvalue weighted by Crippen LogP contribution is -2.45. The van der Waals surface area contributed by atoms with Crippen LogP contribution in [0.2, 0.25) is 5.02 Å². The summed E-state index contributed by atoms with van der Waals surface area (Å²) in [7, 11) is -4.24. The molecule has 0 N–H and O–H groups in total. The zero-order valence-electron chi connectivity index (χ0n) is 10.9. The van der Waals surface area contributed by atoms with Crippen molar-refractivity contribution in [3.63, 3.8) is 0 Å². The molecule has 0 aliphatic heterocycles. The van der Waals surface area contributed by atoms with Crippen LogP contribution in [-0.2, 0) is 20.9 Å². The molecule has 1 unspecified atom stereocenters. The van der Waals surface area contributed by atoms with Crippen molar-refractivity contribution >= 4 is 37.6 Å². The number of hydrogen-bond donors (Lipinski definition) is 0. The highest BCUT2D eigenvalue weighted by molar-refractivity contribution is 8.08. The second kappa shape index (κ2) is 5.98. The van der Waals surface area contributed by atoms with E-state index in [0.29, 0.717) is 12.8 Å². The van der Waals surface area contributed by atoms with Gasteiger partial charge in [-0.3, -0.25) is 4.21 Å². The van der Waals surface area contributed by atoms with Crippen LogP contribution in [0.25, 0.3) is 5.53 Å². The third-order valence-corrected chi connectivity index (χ3v) is 7.03. The molecule has 1 fully saturated rings. The normalized spacial score (nSPS) is 19.0. The molecule has 1 aliphatic rings. The maximum atomic E-state index is 12.6. The summed E-state index contributed by atoms with van der Waals surface area (Å²) in [5.74, 6) is 0. The van der Waals surface area contributed by atoms with Crippen molar-refractivity contribution in [2.24, 2.45) is 0 Å². The van der Waals surface area contributed by atoms with Crippen LogP contribution in [0.1, 0.15) is 25.7 Å². The van der Waals surface area contributed by atoms with E-state index < -0.39 is 30.7 Å². The number of hydrogen-bond acceptors (Lipinski definition) is 4. The SMILES string of the molecule is [N-]=[N+]=C(C1(S(=O)[O-])CCCC1)S(=O)(=O)c1cccc(Cl)c1. The number of nitrogens with zero attached hydrogens (tertiary/aromatic N) is 2. The maximum absolute atomic E-state index is 12.6. The van der Waals surface area contributed by atoms with Crippen LogP contribution in [0.5, 0.6) is 0 Å². The molecule has 0 heterocycles. The molecule has 1 saturated carbocycles. The molecule has 0 spiro atoms. The minimum atomic E-state index is -4.24. The molecule has 1 aliphatic carbocycles. The van der Waals surface area contributed by atoms with Crippen LogP contribution in [-0.4, -0.2) is 31.8 Å². The van der Waals surface area contributed by atoms with Gasteiger partial charge in [0.25, 0.3) is 9.84 Å². The lowest BCUT2D eigenvalue weighted by atomic mass is 10.1. The zero-order valence-corrected chi connectivity index (χ0v) is 13.2. The van der Waals surface area contributed by atoms with Crippen LogP contribution in [0.15, 0.2) is 29.2 Å². The number of rotatable bonds is 3. The molecule has 0 aromatic heterocycles. The molecular weight excluding hydrogens is 336 g/mol. The average Bonchev–Trinajstić information content (AvgIpc) is 2.90. The van der Waals surface area contributed by atoms with Crippen molar-refractivity contribution in [2.45, 2.75) is 35.3 Å². The first-order valence-corrected chi connectivity index (χ1v) is 9.11. The Hall–Kier alpha value is -1.05. The fraction of sp³-hybridized carbons (Fsp3) is 0.417. The van der Waals surface area contributed by atoms with Gasteiger partial charge < -0.3 is 10.1 Å². The van der Waals surface area contributed by atoms with Crippen LogP contribution in [0.4, 0.5) is 0 Å². The van der Waals surface area contributed by atoms with Gasteiger partial charge in [-0.15, -0.1) is 0 Å². The molecule has 114 valence electrons. The van der Waals surface area contributed by atoms with Gasteiger partial charge in [-0.25, -0.2) is 8.42 Å². The third kappa shape index (κ3) is 2.82. The smallest absolute Gasteiger partial charge is 0.403 e. The highest BCUT2D eigenvalue weighted by atomic mass is 35.5. The van der Waals surface area contributed by atoms with Gasteiger partial charge in [0.05, 0.1) is 4.90 Å². The molecular formula is C12H12ClN2O4S2-. The molecule has 1 aromatic carbocycles. The highest BCUT2D eigenvalue weighted by Crippen LogP contribution is 2.38. The molecule has 0 saturated heterocycles. The van der Waals surface area contributed by atoms with Crippen molar-refractivity contribution in [2.75, 3.05) is 0 Å². The Kier molecular flexibility index (Phi) is 4.65. The average molecular weight is 348 g/mol. The second-order valence-corrected chi connectivity index (χ2v) is 8.35. The Labute approximate surface area is 130 Å². The number of sulfone groups is 1. The summed E-state index contributed by atoms with van der Waals surface area (Å²) < 4.78 is 46.7. The third-order valence-electron chi connectivity index (χ3n) is 3.57. The van der Waals surface area contributed by atoms with E-state index in [9.17, 15) is 17.2 Å². The van der Waals surface area contributed by atoms with Crippen molar-refractivity contribution in [1.29, 1.82) is 0 Å². The summed E-state index contributed by atoms with van der Waals surface area (Å²) in [4.78, 5) is 2.64. The van der Waals surface area contributed by atoms with Crippen LogP contribution in [0, 0.1) is 0 Å². The largest absolute Gasteiger partial charge is 0.771 e. The van der Waals surface area contributed by atoms with E-state index in [1.165, 1.54) is 24.3 Å². The van der Waals surface area contributed by atoms with E-state index in [2.05, 4.69) is 4.79 Å². The fourth-order valence-corrected chi connectivity index (χ4v) is 5.69. The minimum Gasteiger partial charge on any atom is -0.771 e. The van der Waals surface area contributed by atoms with E-state index in [1.807, 2.05) is 0 Å². The minimum absolute atomic E-state index is 0.113. The standard InChI is InChI=1S/C12H13ClN2O4S2/c13-9-4-3-5-10(8-9)21(18,19)11(15-14)12(20(16)17)6-1-2-7-12/h3-5,8H,1-2,6-7H2,(H,16,17)/p-1. The number of benzene rings is 1. The van der Waals surface area contributed by atoms with Gasteiger partial charge in [0.15, 0.2) is 0 Å². The van der Waals surface area contributed by atoms with E-state index in [1.54, 1.807) is 0 Å². The topological polar surface area (TPSA) is 111 Å². The lowest BCUT2D eigenvalue weighted by Gasteiger charge is -2.26. The highest BCUT2D eigenvalue weighted by Gasteiger charge is 2.53. The quantitative estimate of drug-likeness (QED) is 0.273. The van der Waals surface area contributed by atoms with Crippen molar-refractivity contribution in [3.8, 4) is 0 Å². The molecule has 1 aromatic rings. The van der Waals surface area contributed by atoms with Gasteiger partial charge in [-0.05, 0) is 42.1 Å². The first-order valence-electron chi connectivity index (χ1n) is 6.17. The van der Waals surface area contributed by atoms with Crippen LogP contribution in [0.3, 0.4) is 0 Å². The van der Waals surface area contributed by atoms with Gasteiger partial charge in [0.2, 0.25) is 0 Å².